The zero-order valence-corrected chi connectivity index (χ0v) is 14.5. The van der Waals surface area contributed by atoms with Crippen molar-refractivity contribution in [1.82, 2.24) is 9.80 Å². The van der Waals surface area contributed by atoms with Crippen molar-refractivity contribution in [1.29, 1.82) is 0 Å². The number of carbonyl (C=O) groups excluding carboxylic acids is 1. The number of ether oxygens (including phenoxy) is 1. The maximum absolute atomic E-state index is 12.7. The topological polar surface area (TPSA) is 32.8 Å². The van der Waals surface area contributed by atoms with Crippen molar-refractivity contribution in [2.24, 2.45) is 10.8 Å². The highest BCUT2D eigenvalue weighted by molar-refractivity contribution is 5.92. The monoisotopic (exact) mass is 314 g/mol. The maximum atomic E-state index is 12.7. The summed E-state index contributed by atoms with van der Waals surface area (Å²) in [6.07, 6.45) is 0.498. The molecular formula is C19H26N2O2. The molecule has 4 fully saturated rings. The lowest BCUT2D eigenvalue weighted by Gasteiger charge is -2.64. The Kier molecular flexibility index (Phi) is 3.17. The summed E-state index contributed by atoms with van der Waals surface area (Å²) in [4.78, 5) is 17.7. The zero-order chi connectivity index (χ0) is 16.4. The smallest absolute Gasteiger partial charge is 0.149 e. The van der Waals surface area contributed by atoms with Gasteiger partial charge in [-0.3, -0.25) is 14.6 Å². The van der Waals surface area contributed by atoms with Crippen LogP contribution in [0.15, 0.2) is 24.3 Å². The van der Waals surface area contributed by atoms with E-state index in [1.165, 1.54) is 5.56 Å². The van der Waals surface area contributed by atoms with Gasteiger partial charge < -0.3 is 4.74 Å². The highest BCUT2D eigenvalue weighted by atomic mass is 16.5. The van der Waals surface area contributed by atoms with Crippen molar-refractivity contribution in [3.8, 4) is 5.75 Å². The molecule has 0 spiro atoms. The van der Waals surface area contributed by atoms with Gasteiger partial charge in [-0.25, -0.2) is 0 Å². The molecule has 4 nitrogen and oxygen atoms in total. The van der Waals surface area contributed by atoms with Crippen LogP contribution < -0.4 is 4.74 Å². The van der Waals surface area contributed by atoms with E-state index in [2.05, 4.69) is 47.9 Å². The number of piperidine rings is 2. The summed E-state index contributed by atoms with van der Waals surface area (Å²) < 4.78 is 5.75. The molecule has 0 N–H and O–H groups in total. The third-order valence-corrected chi connectivity index (χ3v) is 5.55. The first kappa shape index (κ1) is 15.2. The van der Waals surface area contributed by atoms with E-state index in [1.54, 1.807) is 0 Å². The lowest BCUT2D eigenvalue weighted by Crippen LogP contribution is -2.75. The Balaban J connectivity index is 1.61. The minimum atomic E-state index is -0.192. The predicted molar refractivity (Wildman–Crippen MR) is 89.3 cm³/mol. The van der Waals surface area contributed by atoms with Crippen LogP contribution in [0.1, 0.15) is 39.4 Å². The van der Waals surface area contributed by atoms with Crippen LogP contribution in [0.2, 0.25) is 0 Å². The van der Waals surface area contributed by atoms with Gasteiger partial charge in [-0.05, 0) is 31.5 Å². The van der Waals surface area contributed by atoms with Crippen LogP contribution in [0.25, 0.3) is 0 Å². The van der Waals surface area contributed by atoms with Gasteiger partial charge in [-0.15, -0.1) is 0 Å². The van der Waals surface area contributed by atoms with Crippen molar-refractivity contribution >= 4 is 5.78 Å². The van der Waals surface area contributed by atoms with Crippen LogP contribution >= 0.6 is 0 Å². The third-order valence-electron chi connectivity index (χ3n) is 5.55. The van der Waals surface area contributed by atoms with Crippen LogP contribution in [0.4, 0.5) is 0 Å². The van der Waals surface area contributed by atoms with Crippen LogP contribution in [-0.4, -0.2) is 47.9 Å². The van der Waals surface area contributed by atoms with E-state index < -0.39 is 0 Å². The molecule has 4 aliphatic heterocycles. The van der Waals surface area contributed by atoms with E-state index in [-0.39, 0.29) is 16.9 Å². The molecule has 4 saturated heterocycles. The van der Waals surface area contributed by atoms with E-state index in [0.717, 1.165) is 31.9 Å². The highest BCUT2D eigenvalue weighted by Gasteiger charge is 2.61. The first-order valence-electron chi connectivity index (χ1n) is 8.60. The quantitative estimate of drug-likeness (QED) is 0.859. The van der Waals surface area contributed by atoms with E-state index in [9.17, 15) is 4.79 Å². The van der Waals surface area contributed by atoms with Crippen LogP contribution in [0.5, 0.6) is 5.75 Å². The molecule has 5 rings (SSSR count). The lowest BCUT2D eigenvalue weighted by atomic mass is 9.62. The fourth-order valence-corrected chi connectivity index (χ4v) is 5.01. The van der Waals surface area contributed by atoms with E-state index in [1.807, 2.05) is 13.8 Å². The summed E-state index contributed by atoms with van der Waals surface area (Å²) >= 11 is 0. The summed E-state index contributed by atoms with van der Waals surface area (Å²) in [7, 11) is 0. The summed E-state index contributed by atoms with van der Waals surface area (Å²) in [5.74, 6) is 1.39. The Morgan fingerprint density at radius 2 is 1.48 bits per heavy atom. The number of carbonyl (C=O) groups is 1. The molecule has 1 aromatic rings. The molecule has 0 atom stereocenters. The average molecular weight is 314 g/mol. The summed E-state index contributed by atoms with van der Waals surface area (Å²) in [5.41, 5.74) is 0.921. The zero-order valence-electron chi connectivity index (χ0n) is 14.5. The summed E-state index contributed by atoms with van der Waals surface area (Å²) in [6, 6.07) is 8.49. The molecule has 0 unspecified atom stereocenters. The molecule has 124 valence electrons. The Labute approximate surface area is 138 Å². The molecule has 23 heavy (non-hydrogen) atoms. The molecule has 4 heterocycles. The van der Waals surface area contributed by atoms with Crippen LogP contribution in [0, 0.1) is 10.8 Å². The number of Topliss-reactive ketones (excluding diaryl/α,β-unsaturated/α-hetero) is 1. The maximum Gasteiger partial charge on any atom is 0.149 e. The normalized spacial score (nSPS) is 41.6. The fourth-order valence-electron chi connectivity index (χ4n) is 5.01. The van der Waals surface area contributed by atoms with Gasteiger partial charge in [0.15, 0.2) is 0 Å². The Bertz CT molecular complexity index is 597. The number of rotatable bonds is 3. The van der Waals surface area contributed by atoms with Crippen molar-refractivity contribution in [2.75, 3.05) is 26.2 Å². The average Bonchev–Trinajstić information content (AvgIpc) is 2.44. The lowest BCUT2D eigenvalue weighted by molar-refractivity contribution is -0.197. The minimum absolute atomic E-state index is 0.192. The van der Waals surface area contributed by atoms with Gasteiger partial charge in [-0.1, -0.05) is 26.0 Å². The number of ketones is 1. The van der Waals surface area contributed by atoms with Gasteiger partial charge in [0.2, 0.25) is 0 Å². The van der Waals surface area contributed by atoms with Gasteiger partial charge in [0.05, 0.1) is 23.1 Å². The fraction of sp³-hybridized carbons (Fsp3) is 0.632. The minimum Gasteiger partial charge on any atom is -0.491 e. The van der Waals surface area contributed by atoms with Crippen LogP contribution in [0.3, 0.4) is 0 Å². The Hall–Kier alpha value is -1.39. The highest BCUT2D eigenvalue weighted by Crippen LogP contribution is 2.51. The Morgan fingerprint density at radius 1 is 1.00 bits per heavy atom. The molecule has 1 aromatic carbocycles. The second kappa shape index (κ2) is 4.81. The second-order valence-electron chi connectivity index (χ2n) is 8.37. The van der Waals surface area contributed by atoms with Gasteiger partial charge in [0.1, 0.15) is 11.5 Å². The number of nitrogens with zero attached hydrogens (tertiary/aromatic N) is 2. The van der Waals surface area contributed by atoms with E-state index >= 15 is 0 Å². The molecule has 4 aliphatic rings. The summed E-state index contributed by atoms with van der Waals surface area (Å²) in [5, 5.41) is 0. The predicted octanol–water partition coefficient (Wildman–Crippen LogP) is 2.70. The number of hydrogen-bond acceptors (Lipinski definition) is 4. The summed E-state index contributed by atoms with van der Waals surface area (Å²) in [6.45, 7) is 11.9. The molecule has 0 radical (unpaired) electrons. The van der Waals surface area contributed by atoms with E-state index in [4.69, 9.17) is 4.74 Å². The number of benzene rings is 1. The van der Waals surface area contributed by atoms with Crippen molar-refractivity contribution in [3.63, 3.8) is 0 Å². The SMILES string of the molecule is CC(C)Oc1ccc(C2N3CC4(C)CN2CC(C)(C3)C4=O)cc1. The van der Waals surface area contributed by atoms with Crippen molar-refractivity contribution < 1.29 is 9.53 Å². The number of hydrogen-bond donors (Lipinski definition) is 0. The first-order chi connectivity index (χ1) is 10.8. The van der Waals surface area contributed by atoms with Gasteiger partial charge >= 0.3 is 0 Å². The van der Waals surface area contributed by atoms with Gasteiger partial charge in [-0.2, -0.15) is 0 Å². The first-order valence-corrected chi connectivity index (χ1v) is 8.60. The molecule has 4 heteroatoms. The Morgan fingerprint density at radius 3 is 1.91 bits per heavy atom. The van der Waals surface area contributed by atoms with Crippen molar-refractivity contribution in [3.05, 3.63) is 29.8 Å². The molecular weight excluding hydrogens is 288 g/mol. The molecule has 0 amide bonds. The molecule has 0 aromatic heterocycles. The van der Waals surface area contributed by atoms with E-state index in [0.29, 0.717) is 11.9 Å². The van der Waals surface area contributed by atoms with Gasteiger partial charge in [0.25, 0.3) is 0 Å². The van der Waals surface area contributed by atoms with Gasteiger partial charge in [0, 0.05) is 26.2 Å². The third kappa shape index (κ3) is 2.23. The standard InChI is InChI=1S/C19H26N2O2/c1-13(2)23-15-7-5-14(6-8-15)16-20-9-18(3)10-21(16)12-19(4,11-20)17(18)22/h5-8,13,16H,9-12H2,1-4H3. The van der Waals surface area contributed by atoms with Crippen molar-refractivity contribution in [2.45, 2.75) is 40.0 Å². The molecule has 0 aliphatic carbocycles. The van der Waals surface area contributed by atoms with Crippen LogP contribution in [-0.2, 0) is 4.79 Å². The molecule has 0 saturated carbocycles. The second-order valence-corrected chi connectivity index (χ2v) is 8.37. The largest absolute Gasteiger partial charge is 0.491 e. The molecule has 4 bridgehead atoms.